The number of cyclic esters (lactones) is 2. The van der Waals surface area contributed by atoms with Gasteiger partial charge in [0.15, 0.2) is 0 Å². The highest BCUT2D eigenvalue weighted by Gasteiger charge is 2.38. The van der Waals surface area contributed by atoms with Crippen LogP contribution in [0.1, 0.15) is 39.0 Å². The van der Waals surface area contributed by atoms with E-state index in [0.717, 1.165) is 12.8 Å². The van der Waals surface area contributed by atoms with E-state index in [0.29, 0.717) is 11.7 Å². The molecule has 0 aromatic heterocycles. The smallest absolute Gasteiger partial charge is 0.430 e. The van der Waals surface area contributed by atoms with Crippen LogP contribution >= 0.6 is 0 Å². The van der Waals surface area contributed by atoms with Crippen LogP contribution in [0, 0.1) is 11.8 Å². The van der Waals surface area contributed by atoms with Gasteiger partial charge in [-0.05, 0) is 18.8 Å². The lowest BCUT2D eigenvalue weighted by Gasteiger charge is -2.36. The molecule has 3 nitrogen and oxygen atoms in total. The van der Waals surface area contributed by atoms with Gasteiger partial charge in [-0.15, -0.1) is 0 Å². The van der Waals surface area contributed by atoms with Crippen molar-refractivity contribution in [1.29, 1.82) is 0 Å². The Hall–Kier alpha value is -0.990. The van der Waals surface area contributed by atoms with Gasteiger partial charge >= 0.3 is 6.16 Å². The maximum atomic E-state index is 11.2. The maximum absolute atomic E-state index is 11.2. The van der Waals surface area contributed by atoms with E-state index in [-0.39, 0.29) is 12.0 Å². The molecule has 2 atom stereocenters. The van der Waals surface area contributed by atoms with Crippen LogP contribution in [-0.2, 0) is 9.47 Å². The van der Waals surface area contributed by atoms with E-state index in [1.807, 2.05) is 6.92 Å². The van der Waals surface area contributed by atoms with Crippen molar-refractivity contribution < 1.29 is 14.3 Å². The lowest BCUT2D eigenvalue weighted by atomic mass is 9.80. The molecule has 1 aliphatic carbocycles. The molecule has 0 aromatic rings. The van der Waals surface area contributed by atoms with Crippen molar-refractivity contribution in [1.82, 2.24) is 0 Å². The Labute approximate surface area is 90.4 Å². The zero-order valence-corrected chi connectivity index (χ0v) is 9.20. The molecule has 1 aliphatic heterocycles. The van der Waals surface area contributed by atoms with Gasteiger partial charge in [0, 0.05) is 0 Å². The topological polar surface area (TPSA) is 35.5 Å². The van der Waals surface area contributed by atoms with E-state index in [2.05, 4.69) is 6.58 Å². The van der Waals surface area contributed by atoms with Gasteiger partial charge in [0.05, 0.1) is 5.92 Å². The van der Waals surface area contributed by atoms with E-state index >= 15 is 0 Å². The van der Waals surface area contributed by atoms with Gasteiger partial charge in [0.25, 0.3) is 0 Å². The number of hydrogen-bond acceptors (Lipinski definition) is 3. The summed E-state index contributed by atoms with van der Waals surface area (Å²) >= 11 is 0. The van der Waals surface area contributed by atoms with Gasteiger partial charge in [-0.25, -0.2) is 4.79 Å². The lowest BCUT2D eigenvalue weighted by Crippen LogP contribution is -2.39. The Kier molecular flexibility index (Phi) is 2.98. The second-order valence-electron chi connectivity index (χ2n) is 4.59. The molecule has 2 aliphatic rings. The Morgan fingerprint density at radius 2 is 1.93 bits per heavy atom. The van der Waals surface area contributed by atoms with Crippen LogP contribution in [0.5, 0.6) is 0 Å². The number of carbonyl (C=O) groups excluding carboxylic acids is 1. The Balaban J connectivity index is 2.05. The van der Waals surface area contributed by atoms with Crippen molar-refractivity contribution in [2.24, 2.45) is 11.8 Å². The molecule has 1 saturated heterocycles. The number of ether oxygens (including phenoxy) is 2. The Morgan fingerprint density at radius 1 is 1.27 bits per heavy atom. The average Bonchev–Trinajstić information content (AvgIpc) is 2.24. The SMILES string of the molecule is C=C1OC(=O)O[C@@H](C2CCCCC2)[C@@H]1C. The summed E-state index contributed by atoms with van der Waals surface area (Å²) in [7, 11) is 0. The molecule has 15 heavy (non-hydrogen) atoms. The average molecular weight is 210 g/mol. The first-order chi connectivity index (χ1) is 7.18. The summed E-state index contributed by atoms with van der Waals surface area (Å²) in [4.78, 5) is 11.2. The molecule has 1 saturated carbocycles. The highest BCUT2D eigenvalue weighted by Crippen LogP contribution is 2.36. The Morgan fingerprint density at radius 3 is 2.60 bits per heavy atom. The quantitative estimate of drug-likeness (QED) is 0.623. The van der Waals surface area contributed by atoms with E-state index in [1.165, 1.54) is 19.3 Å². The van der Waals surface area contributed by atoms with Gasteiger partial charge < -0.3 is 9.47 Å². The number of rotatable bonds is 1. The summed E-state index contributed by atoms with van der Waals surface area (Å²) in [5, 5.41) is 0. The zero-order valence-electron chi connectivity index (χ0n) is 9.20. The van der Waals surface area contributed by atoms with Crippen molar-refractivity contribution in [3.8, 4) is 0 Å². The molecule has 84 valence electrons. The van der Waals surface area contributed by atoms with Crippen molar-refractivity contribution in [2.45, 2.75) is 45.1 Å². The first kappa shape index (κ1) is 10.5. The van der Waals surface area contributed by atoms with E-state index in [4.69, 9.17) is 9.47 Å². The fraction of sp³-hybridized carbons (Fsp3) is 0.750. The third kappa shape index (κ3) is 2.16. The van der Waals surface area contributed by atoms with Crippen LogP contribution < -0.4 is 0 Å². The van der Waals surface area contributed by atoms with Gasteiger partial charge in [-0.1, -0.05) is 32.8 Å². The van der Waals surface area contributed by atoms with Crippen molar-refractivity contribution >= 4 is 6.16 Å². The molecule has 1 heterocycles. The zero-order chi connectivity index (χ0) is 10.8. The van der Waals surface area contributed by atoms with Crippen molar-refractivity contribution in [3.05, 3.63) is 12.3 Å². The second-order valence-corrected chi connectivity index (χ2v) is 4.59. The predicted molar refractivity (Wildman–Crippen MR) is 56.2 cm³/mol. The monoisotopic (exact) mass is 210 g/mol. The second kappa shape index (κ2) is 4.25. The number of hydrogen-bond donors (Lipinski definition) is 0. The number of carbonyl (C=O) groups is 1. The van der Waals surface area contributed by atoms with E-state index < -0.39 is 6.16 Å². The van der Waals surface area contributed by atoms with Crippen LogP contribution in [0.3, 0.4) is 0 Å². The molecular formula is C12H18O3. The van der Waals surface area contributed by atoms with Gasteiger partial charge in [0.2, 0.25) is 0 Å². The molecule has 0 unspecified atom stereocenters. The minimum Gasteiger partial charge on any atom is -0.430 e. The summed E-state index contributed by atoms with van der Waals surface area (Å²) in [6, 6.07) is 0. The molecule has 0 N–H and O–H groups in total. The molecule has 0 radical (unpaired) electrons. The van der Waals surface area contributed by atoms with E-state index in [9.17, 15) is 4.79 Å². The van der Waals surface area contributed by atoms with Crippen LogP contribution in [0.15, 0.2) is 12.3 Å². The highest BCUT2D eigenvalue weighted by atomic mass is 16.7. The third-order valence-electron chi connectivity index (χ3n) is 3.56. The summed E-state index contributed by atoms with van der Waals surface area (Å²) in [5.41, 5.74) is 0. The summed E-state index contributed by atoms with van der Waals surface area (Å²) < 4.78 is 10.2. The first-order valence-corrected chi connectivity index (χ1v) is 5.75. The molecule has 3 heteroatoms. The Bertz CT molecular complexity index is 266. The highest BCUT2D eigenvalue weighted by molar-refractivity contribution is 5.63. The van der Waals surface area contributed by atoms with E-state index in [1.54, 1.807) is 0 Å². The van der Waals surface area contributed by atoms with Crippen molar-refractivity contribution in [2.75, 3.05) is 0 Å². The van der Waals surface area contributed by atoms with Crippen LogP contribution in [-0.4, -0.2) is 12.3 Å². The minimum absolute atomic E-state index is 0.0148. The predicted octanol–water partition coefficient (Wildman–Crippen LogP) is 3.25. The summed E-state index contributed by atoms with van der Waals surface area (Å²) in [6.45, 7) is 5.79. The molecule has 0 bridgehead atoms. The van der Waals surface area contributed by atoms with Crippen LogP contribution in [0.25, 0.3) is 0 Å². The molecular weight excluding hydrogens is 192 g/mol. The minimum atomic E-state index is -0.575. The molecule has 2 fully saturated rings. The van der Waals surface area contributed by atoms with Gasteiger partial charge in [-0.3, -0.25) is 0 Å². The normalized spacial score (nSPS) is 33.4. The fourth-order valence-electron chi connectivity index (χ4n) is 2.59. The molecule has 0 amide bonds. The molecule has 2 rings (SSSR count). The van der Waals surface area contributed by atoms with Gasteiger partial charge in [-0.2, -0.15) is 0 Å². The first-order valence-electron chi connectivity index (χ1n) is 5.75. The standard InChI is InChI=1S/C12H18O3/c1-8-9(2)14-12(13)15-11(8)10-6-4-3-5-7-10/h8,10-11H,2-7H2,1H3/t8-,11-/m1/s1. The third-order valence-corrected chi connectivity index (χ3v) is 3.56. The maximum Gasteiger partial charge on any atom is 0.513 e. The summed E-state index contributed by atoms with van der Waals surface area (Å²) in [5.74, 6) is 1.19. The molecule has 0 spiro atoms. The summed E-state index contributed by atoms with van der Waals surface area (Å²) in [6.07, 6.45) is 5.54. The largest absolute Gasteiger partial charge is 0.513 e. The van der Waals surface area contributed by atoms with Gasteiger partial charge in [0.1, 0.15) is 11.9 Å². The van der Waals surface area contributed by atoms with Crippen molar-refractivity contribution in [3.63, 3.8) is 0 Å². The molecule has 0 aromatic carbocycles. The fourth-order valence-corrected chi connectivity index (χ4v) is 2.59. The van der Waals surface area contributed by atoms with Crippen LogP contribution in [0.2, 0.25) is 0 Å². The van der Waals surface area contributed by atoms with Crippen LogP contribution in [0.4, 0.5) is 4.79 Å². The lowest BCUT2D eigenvalue weighted by molar-refractivity contribution is -0.0526.